The second-order valence-corrected chi connectivity index (χ2v) is 11.3. The predicted molar refractivity (Wildman–Crippen MR) is 165 cm³/mol. The number of ether oxygens (including phenoxy) is 2. The van der Waals surface area contributed by atoms with E-state index in [9.17, 15) is 19.2 Å². The van der Waals surface area contributed by atoms with Crippen LogP contribution in [-0.2, 0) is 19.1 Å². The van der Waals surface area contributed by atoms with Crippen LogP contribution in [0.3, 0.4) is 0 Å². The molecule has 0 heterocycles. The van der Waals surface area contributed by atoms with Gasteiger partial charge in [0, 0.05) is 32.0 Å². The molecular weight excluding hydrogens is 569 g/mol. The van der Waals surface area contributed by atoms with Gasteiger partial charge in [-0.25, -0.2) is 0 Å². The highest BCUT2D eigenvalue weighted by atomic mass is 32.2. The number of benzene rings is 4. The molecule has 0 aliphatic rings. The third-order valence-corrected chi connectivity index (χ3v) is 8.05. The van der Waals surface area contributed by atoms with E-state index in [4.69, 9.17) is 9.47 Å². The third kappa shape index (κ3) is 9.75. The Hall–Kier alpha value is -4.14. The summed E-state index contributed by atoms with van der Waals surface area (Å²) in [6.07, 6.45) is 1.17. The summed E-state index contributed by atoms with van der Waals surface area (Å²) >= 11 is 2.69. The first-order valence-corrected chi connectivity index (χ1v) is 15.4. The minimum Gasteiger partial charge on any atom is -0.465 e. The average Bonchev–Trinajstić information content (AvgIpc) is 3.05. The number of rotatable bonds is 15. The van der Waals surface area contributed by atoms with Crippen LogP contribution in [0.25, 0.3) is 0 Å². The van der Waals surface area contributed by atoms with Gasteiger partial charge in [0.25, 0.3) is 0 Å². The van der Waals surface area contributed by atoms with Gasteiger partial charge < -0.3 is 9.47 Å². The Bertz CT molecular complexity index is 1360. The molecule has 214 valence electrons. The fraction of sp³-hybridized carbons (Fsp3) is 0.176. The van der Waals surface area contributed by atoms with Crippen molar-refractivity contribution in [3.05, 3.63) is 131 Å². The van der Waals surface area contributed by atoms with Crippen molar-refractivity contribution in [1.82, 2.24) is 0 Å². The van der Waals surface area contributed by atoms with Crippen LogP contribution in [0.1, 0.15) is 44.7 Å². The highest BCUT2D eigenvalue weighted by molar-refractivity contribution is 8.00. The van der Waals surface area contributed by atoms with Gasteiger partial charge in [0.05, 0.1) is 24.7 Å². The van der Waals surface area contributed by atoms with E-state index < -0.39 is 0 Å². The van der Waals surface area contributed by atoms with Crippen LogP contribution in [0, 0.1) is 0 Å². The summed E-state index contributed by atoms with van der Waals surface area (Å²) in [5.41, 5.74) is 2.46. The van der Waals surface area contributed by atoms with Gasteiger partial charge in [-0.05, 0) is 61.4 Å². The first kappa shape index (κ1) is 30.8. The largest absolute Gasteiger partial charge is 0.465 e. The molecule has 8 heteroatoms. The number of hydrogen-bond acceptors (Lipinski definition) is 8. The molecule has 0 N–H and O–H groups in total. The number of carbonyl (C=O) groups excluding carboxylic acids is 4. The number of esters is 2. The maximum absolute atomic E-state index is 12.5. The maximum atomic E-state index is 12.5. The zero-order valence-corrected chi connectivity index (χ0v) is 24.5. The molecule has 0 amide bonds. The van der Waals surface area contributed by atoms with Crippen molar-refractivity contribution in [3.8, 4) is 0 Å². The lowest BCUT2D eigenvalue weighted by Crippen LogP contribution is -2.11. The SMILES string of the molecule is O=C(CSc1ccc(C(=O)c2ccccc2)cc1)OCCCCOC(=O)CSc1ccc(C(=O)c2ccccc2)cc1. The number of ketones is 2. The summed E-state index contributed by atoms with van der Waals surface area (Å²) in [6, 6.07) is 32.5. The van der Waals surface area contributed by atoms with Gasteiger partial charge in [0.2, 0.25) is 0 Å². The monoisotopic (exact) mass is 598 g/mol. The lowest BCUT2D eigenvalue weighted by Gasteiger charge is -2.07. The topological polar surface area (TPSA) is 86.7 Å². The molecule has 0 unspecified atom stereocenters. The van der Waals surface area contributed by atoms with Gasteiger partial charge in [-0.15, -0.1) is 23.5 Å². The molecule has 4 rings (SSSR count). The van der Waals surface area contributed by atoms with Gasteiger partial charge in [-0.1, -0.05) is 60.7 Å². The Morgan fingerprint density at radius 3 is 1.14 bits per heavy atom. The molecule has 42 heavy (non-hydrogen) atoms. The van der Waals surface area contributed by atoms with Crippen LogP contribution in [-0.4, -0.2) is 48.2 Å². The molecule has 0 saturated carbocycles. The minimum absolute atomic E-state index is 0.0424. The van der Waals surface area contributed by atoms with Crippen molar-refractivity contribution in [2.45, 2.75) is 22.6 Å². The van der Waals surface area contributed by atoms with E-state index in [1.165, 1.54) is 23.5 Å². The predicted octanol–water partition coefficient (Wildman–Crippen LogP) is 6.90. The normalized spacial score (nSPS) is 10.6. The maximum Gasteiger partial charge on any atom is 0.316 e. The van der Waals surface area contributed by atoms with E-state index in [1.807, 2.05) is 60.7 Å². The Labute approximate surface area is 253 Å². The summed E-state index contributed by atoms with van der Waals surface area (Å²) < 4.78 is 10.5. The number of hydrogen-bond donors (Lipinski definition) is 0. The fourth-order valence-corrected chi connectivity index (χ4v) is 5.25. The zero-order chi connectivity index (χ0) is 29.6. The van der Waals surface area contributed by atoms with Crippen molar-refractivity contribution < 1.29 is 28.7 Å². The highest BCUT2D eigenvalue weighted by Crippen LogP contribution is 2.21. The Morgan fingerprint density at radius 2 is 0.786 bits per heavy atom. The summed E-state index contributed by atoms with van der Waals surface area (Å²) in [6.45, 7) is 0.508. The van der Waals surface area contributed by atoms with Crippen LogP contribution in [0.4, 0.5) is 0 Å². The van der Waals surface area contributed by atoms with E-state index >= 15 is 0 Å². The van der Waals surface area contributed by atoms with Gasteiger partial charge in [0.1, 0.15) is 0 Å². The molecule has 0 radical (unpaired) electrons. The van der Waals surface area contributed by atoms with Gasteiger partial charge in [0.15, 0.2) is 11.6 Å². The van der Waals surface area contributed by atoms with Crippen LogP contribution >= 0.6 is 23.5 Å². The summed E-state index contributed by atoms with van der Waals surface area (Å²) in [7, 11) is 0. The van der Waals surface area contributed by atoms with Crippen molar-refractivity contribution in [3.63, 3.8) is 0 Å². The van der Waals surface area contributed by atoms with Crippen LogP contribution in [0.2, 0.25) is 0 Å². The molecule has 0 bridgehead atoms. The number of carbonyl (C=O) groups is 4. The second kappa shape index (κ2) is 16.3. The van der Waals surface area contributed by atoms with Crippen molar-refractivity contribution in [2.24, 2.45) is 0 Å². The van der Waals surface area contributed by atoms with Gasteiger partial charge >= 0.3 is 11.9 Å². The summed E-state index contributed by atoms with van der Waals surface area (Å²) in [5, 5.41) is 0. The Morgan fingerprint density at radius 1 is 0.452 bits per heavy atom. The van der Waals surface area contributed by atoms with E-state index in [1.54, 1.807) is 48.5 Å². The van der Waals surface area contributed by atoms with E-state index in [2.05, 4.69) is 0 Å². The lowest BCUT2D eigenvalue weighted by atomic mass is 10.0. The molecule has 6 nitrogen and oxygen atoms in total. The molecule has 4 aromatic carbocycles. The van der Waals surface area contributed by atoms with Crippen molar-refractivity contribution in [1.29, 1.82) is 0 Å². The van der Waals surface area contributed by atoms with E-state index in [0.717, 1.165) is 9.79 Å². The molecule has 0 fully saturated rings. The van der Waals surface area contributed by atoms with Crippen molar-refractivity contribution >= 4 is 47.0 Å². The van der Waals surface area contributed by atoms with E-state index in [0.29, 0.717) is 35.1 Å². The van der Waals surface area contributed by atoms with Gasteiger partial charge in [-0.3, -0.25) is 19.2 Å². The third-order valence-electron chi connectivity index (χ3n) is 6.08. The number of unbranched alkanes of at least 4 members (excludes halogenated alkanes) is 1. The molecular formula is C34H30O6S2. The fourth-order valence-electron chi connectivity index (χ4n) is 3.86. The second-order valence-electron chi connectivity index (χ2n) is 9.16. The van der Waals surface area contributed by atoms with Crippen molar-refractivity contribution in [2.75, 3.05) is 24.7 Å². The minimum atomic E-state index is -0.325. The first-order valence-electron chi connectivity index (χ1n) is 13.5. The molecule has 4 aromatic rings. The van der Waals surface area contributed by atoms with Gasteiger partial charge in [-0.2, -0.15) is 0 Å². The van der Waals surface area contributed by atoms with E-state index in [-0.39, 0.29) is 48.2 Å². The lowest BCUT2D eigenvalue weighted by molar-refractivity contribution is -0.142. The smallest absolute Gasteiger partial charge is 0.316 e. The molecule has 0 aliphatic heterocycles. The molecule has 0 aromatic heterocycles. The summed E-state index contributed by atoms with van der Waals surface area (Å²) in [5.74, 6) is -0.402. The van der Waals surface area contributed by atoms with Crippen LogP contribution in [0.15, 0.2) is 119 Å². The number of thioether (sulfide) groups is 2. The highest BCUT2D eigenvalue weighted by Gasteiger charge is 2.11. The Kier molecular flexibility index (Phi) is 12.0. The zero-order valence-electron chi connectivity index (χ0n) is 22.9. The molecule has 0 saturated heterocycles. The molecule has 0 aliphatic carbocycles. The average molecular weight is 599 g/mol. The quantitative estimate of drug-likeness (QED) is 0.0632. The first-order chi connectivity index (χ1) is 20.5. The molecule has 0 spiro atoms. The Balaban J connectivity index is 1.04. The van der Waals surface area contributed by atoms with Crippen LogP contribution < -0.4 is 0 Å². The van der Waals surface area contributed by atoms with Crippen LogP contribution in [0.5, 0.6) is 0 Å². The summed E-state index contributed by atoms with van der Waals surface area (Å²) in [4.78, 5) is 50.9. The molecule has 0 atom stereocenters. The standard InChI is InChI=1S/C34H30O6S2/c35-31(23-41-29-17-13-27(14-18-29)33(37)25-9-3-1-4-10-25)39-21-7-8-22-40-32(36)24-42-30-19-15-28(16-20-30)34(38)26-11-5-2-6-12-26/h1-6,9-20H,7-8,21-24H2.